The van der Waals surface area contributed by atoms with Gasteiger partial charge in [-0.05, 0) is 31.5 Å². The molecule has 1 amide bonds. The van der Waals surface area contributed by atoms with E-state index in [0.29, 0.717) is 34.8 Å². The lowest BCUT2D eigenvalue weighted by Crippen LogP contribution is -2.20. The molecule has 2 aromatic carbocycles. The maximum absolute atomic E-state index is 13.3. The Kier molecular flexibility index (Phi) is 5.41. The zero-order valence-electron chi connectivity index (χ0n) is 18.0. The van der Waals surface area contributed by atoms with E-state index >= 15 is 0 Å². The van der Waals surface area contributed by atoms with Gasteiger partial charge in [-0.25, -0.2) is 13.1 Å². The van der Waals surface area contributed by atoms with Gasteiger partial charge < -0.3 is 14.5 Å². The minimum Gasteiger partial charge on any atom is -0.489 e. The molecule has 0 aliphatic carbocycles. The Labute approximate surface area is 191 Å². The van der Waals surface area contributed by atoms with E-state index in [4.69, 9.17) is 9.15 Å². The summed E-state index contributed by atoms with van der Waals surface area (Å²) < 4.78 is 37.3. The number of aromatic nitrogens is 2. The summed E-state index contributed by atoms with van der Waals surface area (Å²) in [6.45, 7) is 1.96. The zero-order chi connectivity index (χ0) is 23.0. The number of carbonyl (C=O) groups excluding carboxylic acids is 1. The molecule has 1 saturated heterocycles. The fraction of sp³-hybridized carbons (Fsp3) is 0.250. The van der Waals surface area contributed by atoms with Crippen molar-refractivity contribution < 1.29 is 22.4 Å². The highest BCUT2D eigenvalue weighted by Crippen LogP contribution is 2.30. The molecule has 0 saturated carbocycles. The van der Waals surface area contributed by atoms with Gasteiger partial charge in [0.25, 0.3) is 5.91 Å². The monoisotopic (exact) mass is 465 g/mol. The molecule has 0 spiro atoms. The van der Waals surface area contributed by atoms with Crippen LogP contribution in [0.5, 0.6) is 5.75 Å². The van der Waals surface area contributed by atoms with Crippen molar-refractivity contribution in [1.29, 1.82) is 0 Å². The molecular weight excluding hydrogens is 442 g/mol. The highest BCUT2D eigenvalue weighted by atomic mass is 32.2. The summed E-state index contributed by atoms with van der Waals surface area (Å²) in [6, 6.07) is 18.2. The average Bonchev–Trinajstić information content (AvgIpc) is 3.47. The van der Waals surface area contributed by atoms with Crippen LogP contribution in [0.2, 0.25) is 0 Å². The number of amides is 1. The second kappa shape index (κ2) is 8.40. The van der Waals surface area contributed by atoms with Gasteiger partial charge in [0, 0.05) is 17.0 Å². The first-order chi connectivity index (χ1) is 15.9. The number of nitrogens with zero attached hydrogens (tertiary/aromatic N) is 2. The molecule has 1 fully saturated rings. The van der Waals surface area contributed by atoms with E-state index in [9.17, 15) is 13.2 Å². The van der Waals surface area contributed by atoms with Crippen LogP contribution in [0.3, 0.4) is 0 Å². The SMILES string of the molecule is Cc1cc(NC(=O)c2oc3ccccc3c2COc2ccccc2)n([C@@H]2CCS(=O)(=O)C2)n1. The number of aryl methyl sites for hydroxylation is 1. The Morgan fingerprint density at radius 2 is 1.94 bits per heavy atom. The third kappa shape index (κ3) is 4.36. The number of hydrogen-bond acceptors (Lipinski definition) is 6. The number of nitrogens with one attached hydrogen (secondary N) is 1. The third-order valence-corrected chi connectivity index (χ3v) is 7.44. The van der Waals surface area contributed by atoms with Gasteiger partial charge in [-0.1, -0.05) is 36.4 Å². The Balaban J connectivity index is 1.45. The normalized spacial score (nSPS) is 17.3. The van der Waals surface area contributed by atoms with Crippen molar-refractivity contribution in [2.24, 2.45) is 0 Å². The van der Waals surface area contributed by atoms with E-state index in [2.05, 4.69) is 10.4 Å². The first-order valence-electron chi connectivity index (χ1n) is 10.7. The van der Waals surface area contributed by atoms with Crippen molar-refractivity contribution in [2.45, 2.75) is 26.0 Å². The number of anilines is 1. The van der Waals surface area contributed by atoms with Gasteiger partial charge in [-0.3, -0.25) is 4.79 Å². The number of fused-ring (bicyclic) bond motifs is 1. The van der Waals surface area contributed by atoms with E-state index in [1.165, 1.54) is 0 Å². The number of furan rings is 1. The van der Waals surface area contributed by atoms with Crippen molar-refractivity contribution in [3.05, 3.63) is 77.7 Å². The summed E-state index contributed by atoms with van der Waals surface area (Å²) in [5.74, 6) is 0.962. The molecule has 4 aromatic rings. The van der Waals surface area contributed by atoms with Crippen LogP contribution in [0.15, 0.2) is 65.1 Å². The van der Waals surface area contributed by atoms with E-state index < -0.39 is 15.7 Å². The minimum absolute atomic E-state index is 0.0117. The Hall–Kier alpha value is -3.59. The Morgan fingerprint density at radius 1 is 1.18 bits per heavy atom. The first-order valence-corrected chi connectivity index (χ1v) is 12.5. The number of rotatable bonds is 6. The molecule has 5 rings (SSSR count). The van der Waals surface area contributed by atoms with Gasteiger partial charge in [0.15, 0.2) is 15.6 Å². The number of sulfone groups is 1. The first kappa shape index (κ1) is 21.3. The highest BCUT2D eigenvalue weighted by Gasteiger charge is 2.32. The molecule has 2 aromatic heterocycles. The quantitative estimate of drug-likeness (QED) is 0.459. The van der Waals surface area contributed by atoms with Gasteiger partial charge in [0.1, 0.15) is 23.8 Å². The van der Waals surface area contributed by atoms with Crippen LogP contribution >= 0.6 is 0 Å². The molecule has 33 heavy (non-hydrogen) atoms. The molecule has 1 aliphatic rings. The fourth-order valence-electron chi connectivity index (χ4n) is 4.13. The highest BCUT2D eigenvalue weighted by molar-refractivity contribution is 7.91. The number of para-hydroxylation sites is 2. The summed E-state index contributed by atoms with van der Waals surface area (Å²) in [5.41, 5.74) is 1.91. The summed E-state index contributed by atoms with van der Waals surface area (Å²) >= 11 is 0. The standard InChI is InChI=1S/C24H23N3O5S/c1-16-13-22(27(26-16)17-11-12-33(29,30)15-17)25-24(28)23-20(14-31-18-7-3-2-4-8-18)19-9-5-6-10-21(19)32-23/h2-10,13,17H,11-12,14-15H2,1H3,(H,25,28)/t17-/m1/s1. The maximum Gasteiger partial charge on any atom is 0.292 e. The second-order valence-corrected chi connectivity index (χ2v) is 10.4. The van der Waals surface area contributed by atoms with Gasteiger partial charge in [-0.15, -0.1) is 0 Å². The van der Waals surface area contributed by atoms with Crippen LogP contribution in [0, 0.1) is 6.92 Å². The van der Waals surface area contributed by atoms with Crippen LogP contribution in [0.25, 0.3) is 11.0 Å². The number of hydrogen-bond donors (Lipinski definition) is 1. The molecular formula is C24H23N3O5S. The van der Waals surface area contributed by atoms with E-state index in [0.717, 1.165) is 5.39 Å². The van der Waals surface area contributed by atoms with Gasteiger partial charge in [0.05, 0.1) is 23.2 Å². The van der Waals surface area contributed by atoms with Crippen molar-refractivity contribution in [3.8, 4) is 5.75 Å². The molecule has 1 N–H and O–H groups in total. The lowest BCUT2D eigenvalue weighted by molar-refractivity contribution is 0.0994. The predicted molar refractivity (Wildman–Crippen MR) is 124 cm³/mol. The molecule has 170 valence electrons. The topological polar surface area (TPSA) is 103 Å². The van der Waals surface area contributed by atoms with Crippen LogP contribution in [0.1, 0.15) is 34.3 Å². The molecule has 0 bridgehead atoms. The lowest BCUT2D eigenvalue weighted by Gasteiger charge is -2.13. The molecule has 9 heteroatoms. The molecule has 1 aliphatic heterocycles. The van der Waals surface area contributed by atoms with Crippen LogP contribution in [-0.4, -0.2) is 35.6 Å². The summed E-state index contributed by atoms with van der Waals surface area (Å²) in [5, 5.41) is 8.09. The fourth-order valence-corrected chi connectivity index (χ4v) is 5.82. The van der Waals surface area contributed by atoms with Crippen molar-refractivity contribution in [2.75, 3.05) is 16.8 Å². The molecule has 1 atom stereocenters. The maximum atomic E-state index is 13.3. The van der Waals surface area contributed by atoms with E-state index in [1.807, 2.05) is 48.5 Å². The third-order valence-electron chi connectivity index (χ3n) is 5.68. The lowest BCUT2D eigenvalue weighted by atomic mass is 10.1. The number of carbonyl (C=O) groups is 1. The van der Waals surface area contributed by atoms with Crippen LogP contribution in [-0.2, 0) is 16.4 Å². The predicted octanol–water partition coefficient (Wildman–Crippen LogP) is 4.13. The van der Waals surface area contributed by atoms with Gasteiger partial charge in [0.2, 0.25) is 0 Å². The largest absolute Gasteiger partial charge is 0.489 e. The van der Waals surface area contributed by atoms with Gasteiger partial charge >= 0.3 is 0 Å². The van der Waals surface area contributed by atoms with E-state index in [-0.39, 0.29) is 29.9 Å². The average molecular weight is 466 g/mol. The second-order valence-electron chi connectivity index (χ2n) is 8.13. The number of ether oxygens (including phenoxy) is 1. The van der Waals surface area contributed by atoms with E-state index in [1.54, 1.807) is 23.7 Å². The summed E-state index contributed by atoms with van der Waals surface area (Å²) in [4.78, 5) is 13.3. The van der Waals surface area contributed by atoms with Crippen molar-refractivity contribution >= 4 is 32.5 Å². The number of benzene rings is 2. The smallest absolute Gasteiger partial charge is 0.292 e. The zero-order valence-corrected chi connectivity index (χ0v) is 18.8. The molecule has 0 unspecified atom stereocenters. The molecule has 8 nitrogen and oxygen atoms in total. The minimum atomic E-state index is -3.10. The summed E-state index contributed by atoms with van der Waals surface area (Å²) in [7, 11) is -3.10. The van der Waals surface area contributed by atoms with Crippen molar-refractivity contribution in [1.82, 2.24) is 9.78 Å². The Morgan fingerprint density at radius 3 is 2.70 bits per heavy atom. The summed E-state index contributed by atoms with van der Waals surface area (Å²) in [6.07, 6.45) is 0.465. The van der Waals surface area contributed by atoms with Crippen molar-refractivity contribution in [3.63, 3.8) is 0 Å². The Bertz CT molecular complexity index is 1420. The molecule has 3 heterocycles. The van der Waals surface area contributed by atoms with Gasteiger partial charge in [-0.2, -0.15) is 5.10 Å². The molecule has 0 radical (unpaired) electrons. The van der Waals surface area contributed by atoms with Crippen LogP contribution < -0.4 is 10.1 Å². The van der Waals surface area contributed by atoms with Crippen LogP contribution in [0.4, 0.5) is 5.82 Å².